The van der Waals surface area contributed by atoms with Gasteiger partial charge in [0.25, 0.3) is 0 Å². The van der Waals surface area contributed by atoms with Crippen molar-refractivity contribution in [1.29, 1.82) is 0 Å². The zero-order valence-electron chi connectivity index (χ0n) is 11.1. The van der Waals surface area contributed by atoms with Gasteiger partial charge in [-0.15, -0.1) is 0 Å². The van der Waals surface area contributed by atoms with Crippen molar-refractivity contribution in [2.24, 2.45) is 0 Å². The summed E-state index contributed by atoms with van der Waals surface area (Å²) in [6.45, 7) is 2.62. The summed E-state index contributed by atoms with van der Waals surface area (Å²) < 4.78 is 11.4. The Hall–Kier alpha value is -1.07. The molecule has 0 spiro atoms. The molecule has 19 heavy (non-hydrogen) atoms. The molecule has 1 N–H and O–H groups in total. The molecule has 5 heteroatoms. The number of rotatable bonds is 5. The molecule has 4 nitrogen and oxygen atoms in total. The van der Waals surface area contributed by atoms with Crippen LogP contribution in [0.2, 0.25) is 0 Å². The van der Waals surface area contributed by atoms with Crippen LogP contribution >= 0.6 is 15.9 Å². The Kier molecular flexibility index (Phi) is 4.47. The largest absolute Gasteiger partial charge is 0.467 e. The van der Waals surface area contributed by atoms with E-state index in [0.717, 1.165) is 10.2 Å². The molecule has 0 bridgehead atoms. The molecule has 0 amide bonds. The predicted molar refractivity (Wildman–Crippen MR) is 77.2 cm³/mol. The highest BCUT2D eigenvalue weighted by atomic mass is 79.9. The molecular formula is C14H18BrNO3. The summed E-state index contributed by atoms with van der Waals surface area (Å²) in [5.74, 6) is -0.237. The zero-order valence-corrected chi connectivity index (χ0v) is 12.7. The van der Waals surface area contributed by atoms with Crippen LogP contribution in [0.3, 0.4) is 0 Å². The van der Waals surface area contributed by atoms with Crippen molar-refractivity contribution in [2.45, 2.75) is 31.4 Å². The number of carbonyl (C=O) groups is 1. The number of para-hydroxylation sites is 1. The van der Waals surface area contributed by atoms with E-state index in [4.69, 9.17) is 9.47 Å². The summed E-state index contributed by atoms with van der Waals surface area (Å²) >= 11 is 3.47. The number of carbonyl (C=O) groups excluding carboxylic acids is 1. The maximum Gasteiger partial charge on any atom is 0.331 e. The highest BCUT2D eigenvalue weighted by Gasteiger charge is 2.52. The van der Waals surface area contributed by atoms with Crippen LogP contribution in [0.15, 0.2) is 28.7 Å². The Morgan fingerprint density at radius 3 is 2.74 bits per heavy atom. The normalized spacial score (nSPS) is 25.5. The van der Waals surface area contributed by atoms with Crippen LogP contribution in [0.1, 0.15) is 19.8 Å². The van der Waals surface area contributed by atoms with Crippen molar-refractivity contribution in [3.8, 4) is 0 Å². The molecule has 1 aliphatic rings. The molecule has 1 fully saturated rings. The summed E-state index contributed by atoms with van der Waals surface area (Å²) in [7, 11) is 1.42. The number of benzene rings is 1. The Labute approximate surface area is 121 Å². The van der Waals surface area contributed by atoms with Gasteiger partial charge in [0.05, 0.1) is 13.2 Å². The molecule has 2 rings (SSSR count). The van der Waals surface area contributed by atoms with Crippen molar-refractivity contribution < 1.29 is 14.3 Å². The zero-order chi connectivity index (χ0) is 13.9. The van der Waals surface area contributed by atoms with Crippen molar-refractivity contribution in [1.82, 2.24) is 0 Å². The number of hydrogen-bond donors (Lipinski definition) is 1. The number of anilines is 1. The molecular weight excluding hydrogens is 310 g/mol. The molecule has 0 heterocycles. The standard InChI is InChI=1S/C14H18BrNO3/c1-3-19-10-8-14(9-10,13(17)18-2)16-12-7-5-4-6-11(12)15/h4-7,10,16H,3,8-9H2,1-2H3. The van der Waals surface area contributed by atoms with Crippen LogP contribution in [-0.4, -0.2) is 31.3 Å². The van der Waals surface area contributed by atoms with Gasteiger partial charge in [-0.1, -0.05) is 12.1 Å². The number of esters is 1. The van der Waals surface area contributed by atoms with Gasteiger partial charge in [-0.2, -0.15) is 0 Å². The van der Waals surface area contributed by atoms with Crippen LogP contribution in [0.4, 0.5) is 5.69 Å². The molecule has 1 aromatic carbocycles. The second-order valence-corrected chi connectivity index (χ2v) is 5.52. The average molecular weight is 328 g/mol. The lowest BCUT2D eigenvalue weighted by Gasteiger charge is -2.45. The maximum atomic E-state index is 12.0. The summed E-state index contributed by atoms with van der Waals surface area (Å²) in [5, 5.41) is 3.30. The lowest BCUT2D eigenvalue weighted by Crippen LogP contribution is -2.60. The fourth-order valence-electron chi connectivity index (χ4n) is 2.41. The third kappa shape index (κ3) is 2.92. The molecule has 0 aliphatic heterocycles. The highest BCUT2D eigenvalue weighted by Crippen LogP contribution is 2.40. The number of methoxy groups -OCH3 is 1. The van der Waals surface area contributed by atoms with Gasteiger partial charge in [-0.25, -0.2) is 4.79 Å². The first-order valence-electron chi connectivity index (χ1n) is 6.34. The van der Waals surface area contributed by atoms with Gasteiger partial charge in [-0.3, -0.25) is 0 Å². The van der Waals surface area contributed by atoms with E-state index in [9.17, 15) is 4.79 Å². The number of hydrogen-bond acceptors (Lipinski definition) is 4. The fraction of sp³-hybridized carbons (Fsp3) is 0.500. The van der Waals surface area contributed by atoms with E-state index < -0.39 is 5.54 Å². The van der Waals surface area contributed by atoms with E-state index >= 15 is 0 Å². The van der Waals surface area contributed by atoms with Gasteiger partial charge >= 0.3 is 5.97 Å². The van der Waals surface area contributed by atoms with Gasteiger partial charge in [0, 0.05) is 29.6 Å². The van der Waals surface area contributed by atoms with Crippen molar-refractivity contribution in [3.05, 3.63) is 28.7 Å². The number of nitrogens with one attached hydrogen (secondary N) is 1. The number of ether oxygens (including phenoxy) is 2. The van der Waals surface area contributed by atoms with Crippen molar-refractivity contribution >= 4 is 27.6 Å². The Balaban J connectivity index is 2.13. The molecule has 0 unspecified atom stereocenters. The molecule has 104 valence electrons. The molecule has 0 atom stereocenters. The van der Waals surface area contributed by atoms with Crippen molar-refractivity contribution in [3.63, 3.8) is 0 Å². The summed E-state index contributed by atoms with van der Waals surface area (Å²) in [6, 6.07) is 7.73. The Morgan fingerprint density at radius 2 is 2.16 bits per heavy atom. The predicted octanol–water partition coefficient (Wildman–Crippen LogP) is 2.97. The van der Waals surface area contributed by atoms with Gasteiger partial charge in [0.2, 0.25) is 0 Å². The van der Waals surface area contributed by atoms with Gasteiger partial charge in [0.1, 0.15) is 5.54 Å². The second kappa shape index (κ2) is 5.92. The first kappa shape index (κ1) is 14.3. The SMILES string of the molecule is CCOC1CC(Nc2ccccc2Br)(C(=O)OC)C1. The van der Waals surface area contributed by atoms with Crippen LogP contribution in [0, 0.1) is 0 Å². The second-order valence-electron chi connectivity index (χ2n) is 4.66. The molecule has 0 aromatic heterocycles. The topological polar surface area (TPSA) is 47.6 Å². The maximum absolute atomic E-state index is 12.0. The molecule has 1 saturated carbocycles. The summed E-state index contributed by atoms with van der Waals surface area (Å²) in [6.07, 6.45) is 1.39. The Morgan fingerprint density at radius 1 is 1.47 bits per heavy atom. The molecule has 1 aliphatic carbocycles. The van der Waals surface area contributed by atoms with E-state index in [2.05, 4.69) is 21.2 Å². The summed E-state index contributed by atoms with van der Waals surface area (Å²) in [5.41, 5.74) is 0.223. The first-order valence-corrected chi connectivity index (χ1v) is 7.13. The smallest absolute Gasteiger partial charge is 0.331 e. The van der Waals surface area contributed by atoms with E-state index in [1.807, 2.05) is 31.2 Å². The molecule has 1 aromatic rings. The van der Waals surface area contributed by atoms with E-state index in [-0.39, 0.29) is 12.1 Å². The quantitative estimate of drug-likeness (QED) is 0.844. The minimum absolute atomic E-state index is 0.124. The molecule has 0 radical (unpaired) electrons. The molecule has 0 saturated heterocycles. The van der Waals surface area contributed by atoms with Crippen LogP contribution in [0.25, 0.3) is 0 Å². The summed E-state index contributed by atoms with van der Waals surface area (Å²) in [4.78, 5) is 12.0. The number of halogens is 1. The monoisotopic (exact) mass is 327 g/mol. The van der Waals surface area contributed by atoms with Crippen LogP contribution in [-0.2, 0) is 14.3 Å². The Bertz CT molecular complexity index is 458. The van der Waals surface area contributed by atoms with E-state index in [1.165, 1.54) is 7.11 Å². The minimum atomic E-state index is -0.668. The van der Waals surface area contributed by atoms with Gasteiger partial charge < -0.3 is 14.8 Å². The lowest BCUT2D eigenvalue weighted by atomic mass is 9.74. The van der Waals surface area contributed by atoms with Gasteiger partial charge in [0.15, 0.2) is 0 Å². The minimum Gasteiger partial charge on any atom is -0.467 e. The van der Waals surface area contributed by atoms with Crippen LogP contribution in [0.5, 0.6) is 0 Å². The first-order chi connectivity index (χ1) is 9.11. The van der Waals surface area contributed by atoms with Crippen molar-refractivity contribution in [2.75, 3.05) is 19.0 Å². The third-order valence-electron chi connectivity index (χ3n) is 3.38. The lowest BCUT2D eigenvalue weighted by molar-refractivity contribution is -0.155. The van der Waals surface area contributed by atoms with Crippen LogP contribution < -0.4 is 5.32 Å². The van der Waals surface area contributed by atoms with E-state index in [0.29, 0.717) is 19.4 Å². The third-order valence-corrected chi connectivity index (χ3v) is 4.07. The van der Waals surface area contributed by atoms with Gasteiger partial charge in [-0.05, 0) is 35.0 Å². The van der Waals surface area contributed by atoms with E-state index in [1.54, 1.807) is 0 Å². The average Bonchev–Trinajstić information content (AvgIpc) is 2.37. The highest BCUT2D eigenvalue weighted by molar-refractivity contribution is 9.10. The fourth-order valence-corrected chi connectivity index (χ4v) is 2.79.